The predicted molar refractivity (Wildman–Crippen MR) is 78.9 cm³/mol. The third-order valence-corrected chi connectivity index (χ3v) is 4.02. The number of ether oxygens (including phenoxy) is 1. The summed E-state index contributed by atoms with van der Waals surface area (Å²) in [6, 6.07) is 5.83. The average molecular weight is 284 g/mol. The molecule has 2 rings (SSSR count). The molecule has 1 aliphatic heterocycles. The van der Waals surface area contributed by atoms with Crippen molar-refractivity contribution < 1.29 is 9.84 Å². The maximum atomic E-state index is 9.57. The van der Waals surface area contributed by atoms with Gasteiger partial charge in [0.25, 0.3) is 0 Å². The Bertz CT molecular complexity index is 421. The molecule has 1 aromatic carbocycles. The van der Waals surface area contributed by atoms with Crippen LogP contribution >= 0.6 is 11.6 Å². The summed E-state index contributed by atoms with van der Waals surface area (Å²) in [5.41, 5.74) is 1.92. The molecular formula is C15H22ClNO2. The monoisotopic (exact) mass is 283 g/mol. The summed E-state index contributed by atoms with van der Waals surface area (Å²) in [4.78, 5) is 2.32. The first kappa shape index (κ1) is 14.6. The van der Waals surface area contributed by atoms with E-state index in [1.165, 1.54) is 12.8 Å². The van der Waals surface area contributed by atoms with Crippen LogP contribution in [0.15, 0.2) is 18.2 Å². The number of piperidine rings is 1. The summed E-state index contributed by atoms with van der Waals surface area (Å²) < 4.78 is 5.25. The van der Waals surface area contributed by atoms with Crippen LogP contribution in [0.5, 0.6) is 0 Å². The van der Waals surface area contributed by atoms with Crippen LogP contribution < -0.4 is 4.90 Å². The molecule has 106 valence electrons. The van der Waals surface area contributed by atoms with Gasteiger partial charge in [0.1, 0.15) is 0 Å². The second-order valence-corrected chi connectivity index (χ2v) is 5.70. The smallest absolute Gasteiger partial charge is 0.0762 e. The molecular weight excluding hydrogens is 262 g/mol. The highest BCUT2D eigenvalue weighted by molar-refractivity contribution is 6.33. The van der Waals surface area contributed by atoms with Gasteiger partial charge < -0.3 is 14.7 Å². The first-order valence-electron chi connectivity index (χ1n) is 6.83. The summed E-state index contributed by atoms with van der Waals surface area (Å²) in [6.07, 6.45) is 1.91. The SMILES string of the molecule is COCC1CCCN(c2ccc([C@@H](C)O)cc2Cl)C1. The Balaban J connectivity index is 2.12. The normalized spacial score (nSPS) is 21.5. The summed E-state index contributed by atoms with van der Waals surface area (Å²) in [7, 11) is 1.75. The molecule has 0 aliphatic carbocycles. The molecule has 3 nitrogen and oxygen atoms in total. The minimum atomic E-state index is -0.478. The van der Waals surface area contributed by atoms with Crippen molar-refractivity contribution in [2.24, 2.45) is 5.92 Å². The van der Waals surface area contributed by atoms with Gasteiger partial charge in [-0.1, -0.05) is 17.7 Å². The van der Waals surface area contributed by atoms with E-state index in [0.29, 0.717) is 5.92 Å². The van der Waals surface area contributed by atoms with Crippen molar-refractivity contribution in [3.63, 3.8) is 0 Å². The summed E-state index contributed by atoms with van der Waals surface area (Å²) in [5, 5.41) is 10.3. The maximum Gasteiger partial charge on any atom is 0.0762 e. The molecule has 0 amide bonds. The molecule has 0 bridgehead atoms. The molecule has 0 saturated carbocycles. The molecule has 0 spiro atoms. The Hall–Kier alpha value is -0.770. The van der Waals surface area contributed by atoms with Gasteiger partial charge in [0.15, 0.2) is 0 Å². The highest BCUT2D eigenvalue weighted by atomic mass is 35.5. The quantitative estimate of drug-likeness (QED) is 0.921. The zero-order chi connectivity index (χ0) is 13.8. The maximum absolute atomic E-state index is 9.57. The molecule has 0 radical (unpaired) electrons. The lowest BCUT2D eigenvalue weighted by Gasteiger charge is -2.34. The van der Waals surface area contributed by atoms with E-state index < -0.39 is 6.10 Å². The van der Waals surface area contributed by atoms with Gasteiger partial charge in [-0.15, -0.1) is 0 Å². The number of hydrogen-bond acceptors (Lipinski definition) is 3. The van der Waals surface area contributed by atoms with Crippen LogP contribution in [0.25, 0.3) is 0 Å². The standard InChI is InChI=1S/C15H22ClNO2/c1-11(18)13-5-6-15(14(16)8-13)17-7-3-4-12(9-17)10-19-2/h5-6,8,11-12,18H,3-4,7,9-10H2,1-2H3/t11-,12?/m1/s1. The van der Waals surface area contributed by atoms with Gasteiger partial charge in [-0.05, 0) is 43.4 Å². The first-order valence-corrected chi connectivity index (χ1v) is 7.21. The second-order valence-electron chi connectivity index (χ2n) is 5.30. The van der Waals surface area contributed by atoms with E-state index in [9.17, 15) is 5.11 Å². The van der Waals surface area contributed by atoms with Gasteiger partial charge in [0, 0.05) is 20.2 Å². The number of benzene rings is 1. The van der Waals surface area contributed by atoms with E-state index in [2.05, 4.69) is 4.90 Å². The number of halogens is 1. The molecule has 4 heteroatoms. The Morgan fingerprint density at radius 1 is 1.53 bits per heavy atom. The van der Waals surface area contributed by atoms with E-state index in [4.69, 9.17) is 16.3 Å². The number of nitrogens with zero attached hydrogens (tertiary/aromatic N) is 1. The fourth-order valence-electron chi connectivity index (χ4n) is 2.70. The van der Waals surface area contributed by atoms with Crippen LogP contribution in [0.3, 0.4) is 0 Å². The van der Waals surface area contributed by atoms with Gasteiger partial charge >= 0.3 is 0 Å². The van der Waals surface area contributed by atoms with Crippen LogP contribution in [0.2, 0.25) is 5.02 Å². The van der Waals surface area contributed by atoms with E-state index in [1.54, 1.807) is 14.0 Å². The van der Waals surface area contributed by atoms with Crippen molar-refractivity contribution in [1.29, 1.82) is 0 Å². The summed E-state index contributed by atoms with van der Waals surface area (Å²) in [6.45, 7) is 4.58. The molecule has 1 heterocycles. The van der Waals surface area contributed by atoms with E-state index in [0.717, 1.165) is 36.0 Å². The summed E-state index contributed by atoms with van der Waals surface area (Å²) in [5.74, 6) is 0.575. The third-order valence-electron chi connectivity index (χ3n) is 3.72. The number of anilines is 1. The molecule has 0 aromatic heterocycles. The number of aliphatic hydroxyl groups excluding tert-OH is 1. The Morgan fingerprint density at radius 3 is 2.95 bits per heavy atom. The fraction of sp³-hybridized carbons (Fsp3) is 0.600. The van der Waals surface area contributed by atoms with Crippen molar-refractivity contribution in [3.8, 4) is 0 Å². The molecule has 2 atom stereocenters. The number of rotatable bonds is 4. The largest absolute Gasteiger partial charge is 0.389 e. The highest BCUT2D eigenvalue weighted by Gasteiger charge is 2.21. The minimum absolute atomic E-state index is 0.478. The van der Waals surface area contributed by atoms with Crippen LogP contribution in [0.4, 0.5) is 5.69 Å². The van der Waals surface area contributed by atoms with Gasteiger partial charge in [-0.3, -0.25) is 0 Å². The van der Waals surface area contributed by atoms with Crippen molar-refractivity contribution in [2.75, 3.05) is 31.7 Å². The molecule has 1 aromatic rings. The zero-order valence-corrected chi connectivity index (χ0v) is 12.4. The van der Waals surface area contributed by atoms with Crippen LogP contribution in [0.1, 0.15) is 31.4 Å². The lowest BCUT2D eigenvalue weighted by molar-refractivity contribution is 0.143. The van der Waals surface area contributed by atoms with Crippen LogP contribution in [0, 0.1) is 5.92 Å². The third kappa shape index (κ3) is 3.62. The van der Waals surface area contributed by atoms with E-state index in [-0.39, 0.29) is 0 Å². The van der Waals surface area contributed by atoms with E-state index in [1.807, 2.05) is 18.2 Å². The van der Waals surface area contributed by atoms with Crippen molar-refractivity contribution in [2.45, 2.75) is 25.9 Å². The number of hydrogen-bond donors (Lipinski definition) is 1. The topological polar surface area (TPSA) is 32.7 Å². The van der Waals surface area contributed by atoms with Gasteiger partial charge in [0.2, 0.25) is 0 Å². The first-order chi connectivity index (χ1) is 9.11. The van der Waals surface area contributed by atoms with Crippen LogP contribution in [-0.4, -0.2) is 31.9 Å². The van der Waals surface area contributed by atoms with Gasteiger partial charge in [0.05, 0.1) is 23.4 Å². The summed E-state index contributed by atoms with van der Waals surface area (Å²) >= 11 is 6.35. The molecule has 1 aliphatic rings. The molecule has 1 saturated heterocycles. The average Bonchev–Trinajstić information content (AvgIpc) is 2.39. The molecule has 1 unspecified atom stereocenters. The minimum Gasteiger partial charge on any atom is -0.389 e. The Morgan fingerprint density at radius 2 is 2.32 bits per heavy atom. The van der Waals surface area contributed by atoms with Crippen LogP contribution in [-0.2, 0) is 4.74 Å². The van der Waals surface area contributed by atoms with Gasteiger partial charge in [-0.2, -0.15) is 0 Å². The van der Waals surface area contributed by atoms with Gasteiger partial charge in [-0.25, -0.2) is 0 Å². The lowest BCUT2D eigenvalue weighted by Crippen LogP contribution is -2.37. The van der Waals surface area contributed by atoms with Crippen molar-refractivity contribution >= 4 is 17.3 Å². The predicted octanol–water partition coefficient (Wildman–Crippen LogP) is 3.26. The number of aliphatic hydroxyl groups is 1. The lowest BCUT2D eigenvalue weighted by atomic mass is 9.98. The van der Waals surface area contributed by atoms with Crippen molar-refractivity contribution in [3.05, 3.63) is 28.8 Å². The highest BCUT2D eigenvalue weighted by Crippen LogP contribution is 2.32. The zero-order valence-electron chi connectivity index (χ0n) is 11.6. The Labute approximate surface area is 120 Å². The molecule has 1 fully saturated rings. The second kappa shape index (κ2) is 6.60. The van der Waals surface area contributed by atoms with E-state index >= 15 is 0 Å². The molecule has 19 heavy (non-hydrogen) atoms. The van der Waals surface area contributed by atoms with Crippen molar-refractivity contribution in [1.82, 2.24) is 0 Å². The fourth-order valence-corrected chi connectivity index (χ4v) is 3.00. The Kier molecular flexibility index (Phi) is 5.08. The number of methoxy groups -OCH3 is 1. The molecule has 1 N–H and O–H groups in total.